The standard InChI is InChI=1S/C45H76N2O16S2Si8/c1-70-62-72(58-66,59-67)29-9-25-46(23-7-27-64(50,51)52)31-37(48)33-56-39-19-15-35(16-20-39)45(43-13-5-3-11-41(43)42-12-4-6-14-44(42)45)36-17-21-40(22-18-36)57-34-38(49)32-47(24-8-28-65(53,54)55)26-10-30-73(60-68,61-69)63-71-2/h3-6,11-22,37-38,48-49H,7-10,23-34,70-71H2,1-2,66-69H3,(H,50,51,52)(H,53,54,55). The molecule has 406 valence electrons. The highest BCUT2D eigenvalue weighted by Crippen LogP contribution is 2.56. The van der Waals surface area contributed by atoms with Crippen LogP contribution in [-0.4, -0.2) is 201 Å². The molecule has 0 aromatic heterocycles. The maximum atomic E-state index is 11.5. The highest BCUT2D eigenvalue weighted by atomic mass is 32.2. The van der Waals surface area contributed by atoms with Crippen LogP contribution in [0.25, 0.3) is 11.1 Å². The van der Waals surface area contributed by atoms with E-state index < -0.39 is 75.0 Å². The third-order valence-electron chi connectivity index (χ3n) is 13.0. The van der Waals surface area contributed by atoms with E-state index in [1.165, 1.54) is 0 Å². The Morgan fingerprint density at radius 3 is 1.22 bits per heavy atom. The molecule has 0 spiro atoms. The van der Waals surface area contributed by atoms with Crippen molar-refractivity contribution in [3.8, 4) is 22.6 Å². The molecule has 0 heterocycles. The second kappa shape index (κ2) is 29.4. The van der Waals surface area contributed by atoms with Gasteiger partial charge in [0.25, 0.3) is 20.2 Å². The fraction of sp³-hybridized carbons (Fsp3) is 0.467. The van der Waals surface area contributed by atoms with Crippen LogP contribution in [0.2, 0.25) is 25.2 Å². The number of hydrogen-bond donors (Lipinski definition) is 4. The van der Waals surface area contributed by atoms with Gasteiger partial charge in [-0.25, -0.2) is 0 Å². The minimum Gasteiger partial charge on any atom is -0.491 e. The van der Waals surface area contributed by atoms with Gasteiger partial charge in [-0.05, 0) is 110 Å². The topological polar surface area (TPSA) is 230 Å². The Labute approximate surface area is 451 Å². The smallest absolute Gasteiger partial charge is 0.468 e. The van der Waals surface area contributed by atoms with Gasteiger partial charge in [0.05, 0.1) is 16.9 Å². The second-order valence-corrected chi connectivity index (χ2v) is 34.8. The predicted octanol–water partition coefficient (Wildman–Crippen LogP) is -1.17. The summed E-state index contributed by atoms with van der Waals surface area (Å²) in [6.07, 6.45) is -0.0411. The molecule has 5 rings (SSSR count). The van der Waals surface area contributed by atoms with E-state index in [2.05, 4.69) is 24.3 Å². The first-order valence-corrected chi connectivity index (χ1v) is 39.1. The summed E-state index contributed by atoms with van der Waals surface area (Å²) >= 11 is 0. The van der Waals surface area contributed by atoms with Crippen molar-refractivity contribution in [2.24, 2.45) is 0 Å². The summed E-state index contributed by atoms with van der Waals surface area (Å²) in [5.74, 6) is 0.374. The van der Waals surface area contributed by atoms with Crippen molar-refractivity contribution in [3.63, 3.8) is 0 Å². The molecule has 28 heteroatoms. The zero-order valence-corrected chi connectivity index (χ0v) is 57.5. The third-order valence-corrected chi connectivity index (χ3v) is 32.3. The van der Waals surface area contributed by atoms with Crippen LogP contribution in [0, 0.1) is 0 Å². The molecule has 0 saturated heterocycles. The molecule has 0 radical (unpaired) electrons. The molecular formula is C45H76N2O16S2Si8. The monoisotopic (exact) mass is 1190 g/mol. The molecule has 73 heavy (non-hydrogen) atoms. The van der Waals surface area contributed by atoms with Crippen LogP contribution in [0.4, 0.5) is 0 Å². The Kier molecular flexibility index (Phi) is 24.8. The number of rotatable bonds is 36. The van der Waals surface area contributed by atoms with Crippen LogP contribution in [0.15, 0.2) is 97.1 Å². The highest BCUT2D eigenvalue weighted by molar-refractivity contribution is 7.86. The van der Waals surface area contributed by atoms with Crippen LogP contribution >= 0.6 is 0 Å². The molecule has 1 aliphatic carbocycles. The van der Waals surface area contributed by atoms with Crippen molar-refractivity contribution < 1.29 is 70.3 Å². The first-order valence-electron chi connectivity index (χ1n) is 24.7. The Morgan fingerprint density at radius 2 is 0.890 bits per heavy atom. The van der Waals surface area contributed by atoms with Gasteiger partial charge in [-0.3, -0.25) is 9.11 Å². The van der Waals surface area contributed by atoms with Crippen LogP contribution in [-0.2, 0) is 50.3 Å². The van der Waals surface area contributed by atoms with Gasteiger partial charge >= 0.3 is 17.6 Å². The maximum Gasteiger partial charge on any atom is 0.468 e. The van der Waals surface area contributed by atoms with Crippen molar-refractivity contribution in [2.45, 2.75) is 68.5 Å². The summed E-state index contributed by atoms with van der Waals surface area (Å²) in [5.41, 5.74) is 5.73. The molecular weight excluding hydrogens is 1110 g/mol. The van der Waals surface area contributed by atoms with E-state index in [9.17, 15) is 36.2 Å². The molecule has 4 N–H and O–H groups in total. The molecule has 2 atom stereocenters. The minimum atomic E-state index is -4.13. The van der Waals surface area contributed by atoms with Crippen LogP contribution in [0.1, 0.15) is 47.9 Å². The van der Waals surface area contributed by atoms with Gasteiger partial charge in [0, 0.05) is 25.2 Å². The number of hydrogen-bond acceptors (Lipinski definition) is 16. The van der Waals surface area contributed by atoms with Crippen molar-refractivity contribution in [1.82, 2.24) is 9.80 Å². The summed E-state index contributed by atoms with van der Waals surface area (Å²) in [5, 5.41) is 22.5. The Hall–Kier alpha value is -2.36. The van der Waals surface area contributed by atoms with Crippen LogP contribution < -0.4 is 9.47 Å². The fourth-order valence-electron chi connectivity index (χ4n) is 9.68. The molecule has 0 amide bonds. The quantitative estimate of drug-likeness (QED) is 0.0274. The summed E-state index contributed by atoms with van der Waals surface area (Å²) in [7, 11) is -13.1. The lowest BCUT2D eigenvalue weighted by molar-refractivity contribution is 0.0678. The van der Waals surface area contributed by atoms with E-state index in [1.807, 2.05) is 95.7 Å². The lowest BCUT2D eigenvalue weighted by atomic mass is 9.68. The number of aliphatic hydroxyl groups is 2. The van der Waals surface area contributed by atoms with E-state index in [0.717, 1.165) is 33.4 Å². The SMILES string of the molecule is C[SiH2]O[Si](CCCN(CCCS(=O)(=O)O)CC(O)COc1ccc(C2(c3ccc(OCC(O)CN(CCC[Si](O[SiH3])(O[SiH3])O[SiH2]C)CCCS(=O)(=O)O)cc3)c3ccccc3-c3ccccc32)cc1)(O[SiH3])O[SiH3]. The summed E-state index contributed by atoms with van der Waals surface area (Å²) in [6, 6.07) is 33.8. The molecule has 0 fully saturated rings. The van der Waals surface area contributed by atoms with E-state index in [-0.39, 0.29) is 50.7 Å². The number of fused-ring (bicyclic) bond motifs is 3. The van der Waals surface area contributed by atoms with Gasteiger partial charge in [-0.1, -0.05) is 85.9 Å². The average Bonchev–Trinajstić information content (AvgIpc) is 3.67. The minimum absolute atomic E-state index is 0.00743. The molecule has 0 bridgehead atoms. The average molecular weight is 1190 g/mol. The highest BCUT2D eigenvalue weighted by Gasteiger charge is 2.46. The normalized spacial score (nSPS) is 16.4. The summed E-state index contributed by atoms with van der Waals surface area (Å²) in [4.78, 5) is 3.95. The van der Waals surface area contributed by atoms with E-state index in [1.54, 1.807) is 0 Å². The zero-order chi connectivity index (χ0) is 53.1. The largest absolute Gasteiger partial charge is 0.491 e. The molecule has 0 saturated carbocycles. The number of benzene rings is 4. The molecule has 18 nitrogen and oxygen atoms in total. The Morgan fingerprint density at radius 1 is 0.548 bits per heavy atom. The predicted molar refractivity (Wildman–Crippen MR) is 307 cm³/mol. The molecule has 2 unspecified atom stereocenters. The van der Waals surface area contributed by atoms with Crippen molar-refractivity contribution >= 4 is 99.3 Å². The van der Waals surface area contributed by atoms with Gasteiger partial charge < -0.3 is 54.2 Å². The summed E-state index contributed by atoms with van der Waals surface area (Å²) < 4.78 is 113. The zero-order valence-electron chi connectivity index (χ0n) is 43.0. The first-order chi connectivity index (χ1) is 34.9. The Bertz CT molecular complexity index is 2350. The van der Waals surface area contributed by atoms with E-state index in [4.69, 9.17) is 34.2 Å². The molecule has 1 aliphatic rings. The van der Waals surface area contributed by atoms with Gasteiger partial charge in [0.15, 0.2) is 0 Å². The maximum absolute atomic E-state index is 11.5. The fourth-order valence-corrected chi connectivity index (χ4v) is 30.2. The first kappa shape index (κ1) is 61.5. The summed E-state index contributed by atoms with van der Waals surface area (Å²) in [6.45, 7) is 6.31. The van der Waals surface area contributed by atoms with Gasteiger partial charge in [0.2, 0.25) is 0 Å². The second-order valence-electron chi connectivity index (χ2n) is 18.0. The van der Waals surface area contributed by atoms with Crippen molar-refractivity contribution in [1.29, 1.82) is 0 Å². The number of nitrogens with zero attached hydrogens (tertiary/aromatic N) is 2. The number of aliphatic hydroxyl groups excluding tert-OH is 2. The van der Waals surface area contributed by atoms with Crippen molar-refractivity contribution in [3.05, 3.63) is 119 Å². The molecule has 4 aromatic rings. The van der Waals surface area contributed by atoms with Gasteiger partial charge in [-0.15, -0.1) is 0 Å². The lowest BCUT2D eigenvalue weighted by Gasteiger charge is -2.34. The molecule has 0 aliphatic heterocycles. The van der Waals surface area contributed by atoms with Crippen LogP contribution in [0.5, 0.6) is 11.5 Å². The van der Waals surface area contributed by atoms with E-state index in [0.29, 0.717) is 105 Å². The number of ether oxygens (including phenoxy) is 2. The van der Waals surface area contributed by atoms with Gasteiger partial charge in [0.1, 0.15) is 98.4 Å². The lowest BCUT2D eigenvalue weighted by Crippen LogP contribution is -2.46. The van der Waals surface area contributed by atoms with Crippen molar-refractivity contribution in [2.75, 3.05) is 64.0 Å². The van der Waals surface area contributed by atoms with E-state index >= 15 is 0 Å². The van der Waals surface area contributed by atoms with Gasteiger partial charge in [-0.2, -0.15) is 16.8 Å². The third kappa shape index (κ3) is 17.8. The Balaban J connectivity index is 1.30. The molecule has 4 aromatic carbocycles. The van der Waals surface area contributed by atoms with Crippen LogP contribution in [0.3, 0.4) is 0 Å².